The fourth-order valence-corrected chi connectivity index (χ4v) is 3.17. The average molecular weight is 286 g/mol. The van der Waals surface area contributed by atoms with Gasteiger partial charge in [0.1, 0.15) is 0 Å². The molecule has 0 atom stereocenters. The van der Waals surface area contributed by atoms with E-state index in [1.54, 1.807) is 0 Å². The monoisotopic (exact) mass is 286 g/mol. The van der Waals surface area contributed by atoms with E-state index in [-0.39, 0.29) is 0 Å². The van der Waals surface area contributed by atoms with Gasteiger partial charge in [0.05, 0.1) is 11.2 Å². The zero-order valence-electron chi connectivity index (χ0n) is 11.8. The van der Waals surface area contributed by atoms with Gasteiger partial charge in [-0.3, -0.25) is 9.99 Å². The Morgan fingerprint density at radius 1 is 1.29 bits per heavy atom. The molecule has 3 heterocycles. The van der Waals surface area contributed by atoms with E-state index in [0.29, 0.717) is 11.6 Å². The molecule has 21 heavy (non-hydrogen) atoms. The van der Waals surface area contributed by atoms with Crippen LogP contribution in [-0.4, -0.2) is 41.4 Å². The zero-order chi connectivity index (χ0) is 14.2. The number of nitrogens with one attached hydrogen (secondary N) is 2. The summed E-state index contributed by atoms with van der Waals surface area (Å²) in [5.41, 5.74) is 3.46. The molecule has 2 aromatic rings. The number of hydrogen-bond donors (Lipinski definition) is 2. The second-order valence-electron chi connectivity index (χ2n) is 5.67. The summed E-state index contributed by atoms with van der Waals surface area (Å²) in [7, 11) is 0. The van der Waals surface area contributed by atoms with Crippen LogP contribution in [0.15, 0.2) is 32.5 Å². The SMILES string of the molecule is O=c1[nH]c2ccc(C3=NN(C4CCNCC4)CC3)cc2o1. The number of fused-ring (bicyclic) bond motifs is 1. The summed E-state index contributed by atoms with van der Waals surface area (Å²) < 4.78 is 5.12. The molecule has 0 aliphatic carbocycles. The van der Waals surface area contributed by atoms with Gasteiger partial charge in [0.15, 0.2) is 5.58 Å². The average Bonchev–Trinajstić information content (AvgIpc) is 3.12. The van der Waals surface area contributed by atoms with Crippen LogP contribution in [0, 0.1) is 0 Å². The lowest BCUT2D eigenvalue weighted by molar-refractivity contribution is 0.185. The van der Waals surface area contributed by atoms with Crippen molar-refractivity contribution in [2.24, 2.45) is 5.10 Å². The number of rotatable bonds is 2. The molecule has 0 saturated carbocycles. The molecule has 1 aromatic carbocycles. The minimum absolute atomic E-state index is 0.410. The van der Waals surface area contributed by atoms with Crippen LogP contribution in [0.2, 0.25) is 0 Å². The van der Waals surface area contributed by atoms with Crippen molar-refractivity contribution < 1.29 is 4.42 Å². The minimum Gasteiger partial charge on any atom is -0.408 e. The second kappa shape index (κ2) is 5.04. The lowest BCUT2D eigenvalue weighted by Gasteiger charge is -2.29. The van der Waals surface area contributed by atoms with Gasteiger partial charge >= 0.3 is 5.76 Å². The number of piperidine rings is 1. The maximum Gasteiger partial charge on any atom is 0.417 e. The van der Waals surface area contributed by atoms with Gasteiger partial charge in [0, 0.05) is 24.6 Å². The van der Waals surface area contributed by atoms with Gasteiger partial charge in [0.25, 0.3) is 0 Å². The normalized spacial score (nSPS) is 20.2. The highest BCUT2D eigenvalue weighted by Crippen LogP contribution is 2.22. The Morgan fingerprint density at radius 3 is 3.00 bits per heavy atom. The van der Waals surface area contributed by atoms with Gasteiger partial charge in [-0.15, -0.1) is 0 Å². The number of nitrogens with zero attached hydrogens (tertiary/aromatic N) is 2. The number of benzene rings is 1. The van der Waals surface area contributed by atoms with Gasteiger partial charge < -0.3 is 9.73 Å². The Morgan fingerprint density at radius 2 is 2.14 bits per heavy atom. The summed E-state index contributed by atoms with van der Waals surface area (Å²) in [6.45, 7) is 3.13. The molecule has 1 fully saturated rings. The zero-order valence-corrected chi connectivity index (χ0v) is 11.8. The van der Waals surface area contributed by atoms with E-state index >= 15 is 0 Å². The van der Waals surface area contributed by atoms with E-state index in [2.05, 4.69) is 15.3 Å². The highest BCUT2D eigenvalue weighted by atomic mass is 16.4. The van der Waals surface area contributed by atoms with Crippen molar-refractivity contribution >= 4 is 16.8 Å². The Labute approximate surface area is 121 Å². The molecule has 1 aromatic heterocycles. The molecule has 0 bridgehead atoms. The molecular formula is C15H18N4O2. The van der Waals surface area contributed by atoms with Crippen LogP contribution < -0.4 is 11.1 Å². The van der Waals surface area contributed by atoms with Crippen LogP contribution in [0.25, 0.3) is 11.1 Å². The summed E-state index contributed by atoms with van der Waals surface area (Å²) in [5, 5.41) is 10.4. The number of oxazole rings is 1. The van der Waals surface area contributed by atoms with Crippen molar-refractivity contribution in [1.82, 2.24) is 15.3 Å². The molecule has 2 aliphatic rings. The molecule has 1 saturated heterocycles. The van der Waals surface area contributed by atoms with E-state index in [0.717, 1.165) is 55.7 Å². The molecule has 2 N–H and O–H groups in total. The largest absolute Gasteiger partial charge is 0.417 e. The first kappa shape index (κ1) is 12.6. The third-order valence-corrected chi connectivity index (χ3v) is 4.31. The molecule has 0 amide bonds. The first-order valence-corrected chi connectivity index (χ1v) is 7.48. The van der Waals surface area contributed by atoms with E-state index in [9.17, 15) is 4.79 Å². The van der Waals surface area contributed by atoms with Crippen molar-refractivity contribution in [2.45, 2.75) is 25.3 Å². The number of aromatic amines is 1. The van der Waals surface area contributed by atoms with Gasteiger partial charge in [-0.2, -0.15) is 5.10 Å². The van der Waals surface area contributed by atoms with Gasteiger partial charge in [-0.1, -0.05) is 6.07 Å². The lowest BCUT2D eigenvalue weighted by atomic mass is 10.1. The summed E-state index contributed by atoms with van der Waals surface area (Å²) in [5.74, 6) is -0.410. The van der Waals surface area contributed by atoms with Crippen LogP contribution in [0.4, 0.5) is 0 Å². The topological polar surface area (TPSA) is 73.6 Å². The molecule has 6 heteroatoms. The molecule has 0 unspecified atom stereocenters. The molecule has 0 radical (unpaired) electrons. The highest BCUT2D eigenvalue weighted by Gasteiger charge is 2.25. The van der Waals surface area contributed by atoms with E-state index < -0.39 is 5.76 Å². The lowest BCUT2D eigenvalue weighted by Crippen LogP contribution is -2.39. The first-order valence-electron chi connectivity index (χ1n) is 7.48. The number of aromatic nitrogens is 1. The van der Waals surface area contributed by atoms with E-state index in [4.69, 9.17) is 9.52 Å². The third kappa shape index (κ3) is 2.35. The summed E-state index contributed by atoms with van der Waals surface area (Å²) >= 11 is 0. The van der Waals surface area contributed by atoms with Crippen molar-refractivity contribution in [3.05, 3.63) is 34.3 Å². The maximum absolute atomic E-state index is 11.2. The van der Waals surface area contributed by atoms with Crippen LogP contribution in [-0.2, 0) is 0 Å². The van der Waals surface area contributed by atoms with E-state index in [1.807, 2.05) is 18.2 Å². The molecule has 4 rings (SSSR count). The summed E-state index contributed by atoms with van der Waals surface area (Å²) in [6.07, 6.45) is 3.26. The standard InChI is InChI=1S/C15H18N4O2/c20-15-17-13-2-1-10(9-14(13)21-15)12-5-8-19(18-12)11-3-6-16-7-4-11/h1-2,9,11,16H,3-8H2,(H,17,20). The first-order chi connectivity index (χ1) is 10.3. The fourth-order valence-electron chi connectivity index (χ4n) is 3.17. The molecule has 0 spiro atoms. The fraction of sp³-hybridized carbons (Fsp3) is 0.467. The smallest absolute Gasteiger partial charge is 0.408 e. The molecular weight excluding hydrogens is 268 g/mol. The van der Waals surface area contributed by atoms with Crippen molar-refractivity contribution in [2.75, 3.05) is 19.6 Å². The summed E-state index contributed by atoms with van der Waals surface area (Å²) in [4.78, 5) is 13.9. The molecule has 6 nitrogen and oxygen atoms in total. The number of hydrogen-bond acceptors (Lipinski definition) is 5. The van der Waals surface area contributed by atoms with E-state index in [1.165, 1.54) is 0 Å². The quantitative estimate of drug-likeness (QED) is 0.872. The minimum atomic E-state index is -0.410. The van der Waals surface area contributed by atoms with Crippen molar-refractivity contribution in [3.63, 3.8) is 0 Å². The van der Waals surface area contributed by atoms with Crippen LogP contribution in [0.5, 0.6) is 0 Å². The van der Waals surface area contributed by atoms with Gasteiger partial charge in [0.2, 0.25) is 0 Å². The van der Waals surface area contributed by atoms with Crippen molar-refractivity contribution in [1.29, 1.82) is 0 Å². The number of hydrazone groups is 1. The summed E-state index contributed by atoms with van der Waals surface area (Å²) in [6, 6.07) is 6.33. The second-order valence-corrected chi connectivity index (χ2v) is 5.67. The molecule has 110 valence electrons. The van der Waals surface area contributed by atoms with Gasteiger partial charge in [-0.05, 0) is 38.1 Å². The maximum atomic E-state index is 11.2. The van der Waals surface area contributed by atoms with Crippen LogP contribution in [0.1, 0.15) is 24.8 Å². The molecule has 2 aliphatic heterocycles. The van der Waals surface area contributed by atoms with Crippen LogP contribution in [0.3, 0.4) is 0 Å². The number of H-pyrrole nitrogens is 1. The predicted octanol–water partition coefficient (Wildman–Crippen LogP) is 1.28. The Hall–Kier alpha value is -2.08. The highest BCUT2D eigenvalue weighted by molar-refractivity contribution is 6.03. The Bertz CT molecular complexity index is 739. The Kier molecular flexibility index (Phi) is 3.03. The third-order valence-electron chi connectivity index (χ3n) is 4.31. The van der Waals surface area contributed by atoms with Crippen LogP contribution >= 0.6 is 0 Å². The predicted molar refractivity (Wildman–Crippen MR) is 80.6 cm³/mol. The van der Waals surface area contributed by atoms with Crippen molar-refractivity contribution in [3.8, 4) is 0 Å². The Balaban J connectivity index is 1.60. The van der Waals surface area contributed by atoms with Gasteiger partial charge in [-0.25, -0.2) is 4.79 Å².